The van der Waals surface area contributed by atoms with Crippen LogP contribution in [-0.2, 0) is 28.6 Å². The van der Waals surface area contributed by atoms with Gasteiger partial charge in [0.15, 0.2) is 12.1 Å². The van der Waals surface area contributed by atoms with Crippen LogP contribution in [0, 0.1) is 0 Å². The monoisotopic (exact) mass is 963 g/mol. The average molecular weight is 964 g/mol. The van der Waals surface area contributed by atoms with Crippen LogP contribution in [0.1, 0.15) is 303 Å². The number of carboxylic acid groups (broad SMARTS) is 1. The third-order valence-electron chi connectivity index (χ3n) is 13.9. The third kappa shape index (κ3) is 49.1. The van der Waals surface area contributed by atoms with Crippen LogP contribution < -0.4 is 0 Å². The number of hydrogen-bond donors (Lipinski definition) is 1. The number of likely N-dealkylation sites (N-methyl/N-ethyl adjacent to an activating group) is 1. The lowest BCUT2D eigenvalue weighted by Crippen LogP contribution is -2.50. The Balaban J connectivity index is 4.11. The SMILES string of the molecule is CCCCCCCCCCCC/C=C/CCCCCCCCCC(=O)OCC(COCCC(C(=O)O)[N+](C)(C)C)OC(=O)CCCCCCCCCCCCCCCCCCCCCCCCC. The number of carbonyl (C=O) groups is 3. The number of unbranched alkanes of at least 4 members (excludes halogenated alkanes) is 39. The van der Waals surface area contributed by atoms with Crippen molar-refractivity contribution in [1.29, 1.82) is 0 Å². The van der Waals surface area contributed by atoms with E-state index < -0.39 is 18.1 Å². The number of carbonyl (C=O) groups excluding carboxylic acids is 2. The van der Waals surface area contributed by atoms with Gasteiger partial charge in [-0.15, -0.1) is 0 Å². The van der Waals surface area contributed by atoms with Gasteiger partial charge >= 0.3 is 17.9 Å². The average Bonchev–Trinajstić information content (AvgIpc) is 3.30. The number of rotatable bonds is 55. The smallest absolute Gasteiger partial charge is 0.362 e. The summed E-state index contributed by atoms with van der Waals surface area (Å²) >= 11 is 0. The summed E-state index contributed by atoms with van der Waals surface area (Å²) in [6, 6.07) is -0.612. The molecule has 0 aliphatic heterocycles. The normalized spacial score (nSPS) is 12.8. The molecule has 68 heavy (non-hydrogen) atoms. The summed E-state index contributed by atoms with van der Waals surface area (Å²) in [5, 5.41) is 9.68. The van der Waals surface area contributed by atoms with Gasteiger partial charge in [-0.25, -0.2) is 4.79 Å². The van der Waals surface area contributed by atoms with Crippen molar-refractivity contribution < 1.29 is 38.2 Å². The maximum atomic E-state index is 12.8. The fourth-order valence-electron chi connectivity index (χ4n) is 9.33. The van der Waals surface area contributed by atoms with Crippen molar-refractivity contribution in [3.05, 3.63) is 12.2 Å². The van der Waals surface area contributed by atoms with E-state index in [-0.39, 0.29) is 36.2 Å². The molecule has 0 aromatic carbocycles. The van der Waals surface area contributed by atoms with Crippen LogP contribution in [0.5, 0.6) is 0 Å². The van der Waals surface area contributed by atoms with Crippen LogP contribution in [-0.4, -0.2) is 80.6 Å². The molecule has 2 atom stereocenters. The Morgan fingerprint density at radius 3 is 1.06 bits per heavy atom. The zero-order chi connectivity index (χ0) is 49.9. The number of aliphatic carboxylic acids is 1. The molecule has 0 rings (SSSR count). The van der Waals surface area contributed by atoms with Gasteiger partial charge in [0.25, 0.3) is 0 Å². The molecule has 0 bridgehead atoms. The quantitative estimate of drug-likeness (QED) is 0.0280. The number of esters is 2. The second-order valence-electron chi connectivity index (χ2n) is 21.6. The molecule has 402 valence electrons. The molecule has 0 radical (unpaired) electrons. The van der Waals surface area contributed by atoms with Gasteiger partial charge in [0.1, 0.15) is 6.61 Å². The fraction of sp³-hybridized carbons (Fsp3) is 0.917. The first-order valence-corrected chi connectivity index (χ1v) is 29.7. The Morgan fingerprint density at radius 1 is 0.426 bits per heavy atom. The number of ether oxygens (including phenoxy) is 3. The van der Waals surface area contributed by atoms with Gasteiger partial charge in [-0.1, -0.05) is 257 Å². The van der Waals surface area contributed by atoms with Crippen molar-refractivity contribution in [2.24, 2.45) is 0 Å². The molecule has 0 aromatic rings. The minimum absolute atomic E-state index is 0.0463. The summed E-state index contributed by atoms with van der Waals surface area (Å²) < 4.78 is 17.4. The molecule has 0 fully saturated rings. The Labute approximate surface area is 422 Å². The van der Waals surface area contributed by atoms with Crippen molar-refractivity contribution in [2.75, 3.05) is 41.0 Å². The number of carboxylic acids is 1. The molecule has 8 nitrogen and oxygen atoms in total. The Morgan fingerprint density at radius 2 is 0.735 bits per heavy atom. The second kappa shape index (κ2) is 51.4. The molecule has 8 heteroatoms. The van der Waals surface area contributed by atoms with Gasteiger partial charge in [0.2, 0.25) is 0 Å². The Kier molecular flexibility index (Phi) is 50.0. The van der Waals surface area contributed by atoms with Crippen LogP contribution in [0.4, 0.5) is 0 Å². The largest absolute Gasteiger partial charge is 0.477 e. The van der Waals surface area contributed by atoms with Crippen molar-refractivity contribution >= 4 is 17.9 Å². The van der Waals surface area contributed by atoms with Crippen molar-refractivity contribution in [1.82, 2.24) is 0 Å². The van der Waals surface area contributed by atoms with Crippen LogP contribution in [0.25, 0.3) is 0 Å². The Bertz CT molecular complexity index is 1120. The molecule has 0 aliphatic carbocycles. The van der Waals surface area contributed by atoms with Crippen LogP contribution in [0.3, 0.4) is 0 Å². The molecular formula is C60H116NO7+. The van der Waals surface area contributed by atoms with Gasteiger partial charge in [0, 0.05) is 19.3 Å². The van der Waals surface area contributed by atoms with E-state index in [0.717, 1.165) is 38.5 Å². The van der Waals surface area contributed by atoms with Gasteiger partial charge in [-0.2, -0.15) is 0 Å². The highest BCUT2D eigenvalue weighted by Gasteiger charge is 2.31. The lowest BCUT2D eigenvalue weighted by molar-refractivity contribution is -0.887. The van der Waals surface area contributed by atoms with Gasteiger partial charge in [0.05, 0.1) is 34.4 Å². The van der Waals surface area contributed by atoms with E-state index in [1.807, 2.05) is 21.1 Å². The molecular weight excluding hydrogens is 847 g/mol. The summed E-state index contributed by atoms with van der Waals surface area (Å²) in [6.07, 6.45) is 59.9. The molecule has 0 amide bonds. The van der Waals surface area contributed by atoms with E-state index in [1.165, 1.54) is 231 Å². The first-order valence-electron chi connectivity index (χ1n) is 29.7. The Hall–Kier alpha value is -1.93. The highest BCUT2D eigenvalue weighted by molar-refractivity contribution is 5.72. The maximum absolute atomic E-state index is 12.8. The summed E-state index contributed by atoms with van der Waals surface area (Å²) in [4.78, 5) is 37.3. The summed E-state index contributed by atoms with van der Waals surface area (Å²) in [5.41, 5.74) is 0. The summed E-state index contributed by atoms with van der Waals surface area (Å²) in [5.74, 6) is -1.44. The third-order valence-corrected chi connectivity index (χ3v) is 13.9. The van der Waals surface area contributed by atoms with Crippen LogP contribution in [0.2, 0.25) is 0 Å². The van der Waals surface area contributed by atoms with E-state index in [1.54, 1.807) is 0 Å². The highest BCUT2D eigenvalue weighted by Crippen LogP contribution is 2.18. The van der Waals surface area contributed by atoms with E-state index >= 15 is 0 Å². The van der Waals surface area contributed by atoms with Gasteiger partial charge in [-0.3, -0.25) is 9.59 Å². The summed E-state index contributed by atoms with van der Waals surface area (Å²) in [7, 11) is 5.56. The summed E-state index contributed by atoms with van der Waals surface area (Å²) in [6.45, 7) is 4.80. The van der Waals surface area contributed by atoms with Gasteiger partial charge in [-0.05, 0) is 38.5 Å². The van der Waals surface area contributed by atoms with Crippen molar-refractivity contribution in [2.45, 2.75) is 315 Å². The molecule has 0 saturated carbocycles. The predicted molar refractivity (Wildman–Crippen MR) is 289 cm³/mol. The molecule has 1 N–H and O–H groups in total. The first-order chi connectivity index (χ1) is 33.1. The van der Waals surface area contributed by atoms with Crippen LogP contribution in [0.15, 0.2) is 12.2 Å². The lowest BCUT2D eigenvalue weighted by atomic mass is 10.0. The topological polar surface area (TPSA) is 99.1 Å². The first kappa shape index (κ1) is 66.1. The standard InChI is InChI=1S/C60H115NO7/c1-6-8-10-12-14-16-18-20-22-24-26-28-29-31-33-35-37-39-41-43-45-47-49-51-59(63)68-56(54-66-53-52-57(60(64)65)61(3,4)5)55-67-58(62)50-48-46-44-42-40-38-36-34-32-30-27-25-23-21-19-17-15-13-11-9-7-2/h30,32,56-57H,6-29,31,33-55H2,1-5H3/p+1/b32-30+. The molecule has 2 unspecified atom stereocenters. The fourth-order valence-corrected chi connectivity index (χ4v) is 9.33. The van der Waals surface area contributed by atoms with E-state index in [9.17, 15) is 19.5 Å². The highest BCUT2D eigenvalue weighted by atomic mass is 16.6. The maximum Gasteiger partial charge on any atom is 0.362 e. The number of allylic oxidation sites excluding steroid dienone is 2. The molecule has 0 spiro atoms. The van der Waals surface area contributed by atoms with Crippen molar-refractivity contribution in [3.63, 3.8) is 0 Å². The molecule has 0 aromatic heterocycles. The number of nitrogens with zero attached hydrogens (tertiary/aromatic N) is 1. The predicted octanol–water partition coefficient (Wildman–Crippen LogP) is 17.8. The lowest BCUT2D eigenvalue weighted by Gasteiger charge is -2.31. The van der Waals surface area contributed by atoms with E-state index in [4.69, 9.17) is 14.2 Å². The number of quaternary nitrogens is 1. The molecule has 0 heterocycles. The zero-order valence-electron chi connectivity index (χ0n) is 46.1. The van der Waals surface area contributed by atoms with E-state index in [0.29, 0.717) is 19.3 Å². The van der Waals surface area contributed by atoms with Gasteiger partial charge < -0.3 is 23.8 Å². The molecule has 0 aliphatic rings. The second-order valence-corrected chi connectivity index (χ2v) is 21.6. The minimum atomic E-state index is -0.869. The zero-order valence-corrected chi connectivity index (χ0v) is 46.1. The van der Waals surface area contributed by atoms with Crippen molar-refractivity contribution in [3.8, 4) is 0 Å². The van der Waals surface area contributed by atoms with E-state index in [2.05, 4.69) is 26.0 Å². The molecule has 0 saturated heterocycles. The minimum Gasteiger partial charge on any atom is -0.477 e. The van der Waals surface area contributed by atoms with Crippen LogP contribution >= 0.6 is 0 Å². The number of hydrogen-bond acceptors (Lipinski definition) is 6.